The Morgan fingerprint density at radius 2 is 1.81 bits per heavy atom. The number of esters is 1. The van der Waals surface area contributed by atoms with Gasteiger partial charge in [0, 0.05) is 28.0 Å². The molecule has 0 spiro atoms. The number of aromatic hydroxyl groups is 2. The van der Waals surface area contributed by atoms with Gasteiger partial charge in [-0.05, 0) is 42.3 Å². The smallest absolute Gasteiger partial charge is 0.355 e. The van der Waals surface area contributed by atoms with Crippen molar-refractivity contribution in [3.63, 3.8) is 0 Å². The number of anilines is 3. The van der Waals surface area contributed by atoms with Crippen molar-refractivity contribution in [1.82, 2.24) is 25.2 Å². The minimum Gasteiger partial charge on any atom is -0.504 e. The van der Waals surface area contributed by atoms with Crippen LogP contribution in [0, 0.1) is 6.92 Å². The number of rotatable bonds is 15. The van der Waals surface area contributed by atoms with E-state index in [0.29, 0.717) is 33.4 Å². The van der Waals surface area contributed by atoms with E-state index in [1.807, 2.05) is 0 Å². The maximum absolute atomic E-state index is 13.9. The number of carboxylic acid groups (broad SMARTS) is 1. The van der Waals surface area contributed by atoms with Gasteiger partial charge < -0.3 is 52.1 Å². The van der Waals surface area contributed by atoms with Crippen LogP contribution < -0.4 is 27.3 Å². The largest absolute Gasteiger partial charge is 0.504 e. The van der Waals surface area contributed by atoms with Crippen molar-refractivity contribution in [2.24, 2.45) is 5.16 Å². The summed E-state index contributed by atoms with van der Waals surface area (Å²) in [4.78, 5) is 72.6. The topological polar surface area (TPSA) is 301 Å². The molecule has 4 aromatic rings. The Morgan fingerprint density at radius 1 is 1.09 bits per heavy atom. The van der Waals surface area contributed by atoms with Crippen LogP contribution in [-0.2, 0) is 35.4 Å². The van der Waals surface area contributed by atoms with Gasteiger partial charge in [0.25, 0.3) is 11.8 Å². The van der Waals surface area contributed by atoms with Crippen molar-refractivity contribution in [3.8, 4) is 17.2 Å². The van der Waals surface area contributed by atoms with Crippen molar-refractivity contribution in [2.45, 2.75) is 36.2 Å². The zero-order chi connectivity index (χ0) is 41.7. The molecule has 1 saturated heterocycles. The fourth-order valence-electron chi connectivity index (χ4n) is 5.47. The van der Waals surface area contributed by atoms with Gasteiger partial charge in [-0.3, -0.25) is 14.5 Å². The molecule has 4 heterocycles. The van der Waals surface area contributed by atoms with E-state index in [1.165, 1.54) is 47.0 Å². The van der Waals surface area contributed by atoms with Gasteiger partial charge >= 0.3 is 11.9 Å². The molecule has 19 nitrogen and oxygen atoms in total. The Hall–Kier alpha value is -6.52. The normalized spacial score (nSPS) is 17.0. The van der Waals surface area contributed by atoms with Gasteiger partial charge in [-0.15, -0.1) is 23.1 Å². The van der Waals surface area contributed by atoms with Crippen LogP contribution >= 0.6 is 34.9 Å². The Morgan fingerprint density at radius 3 is 2.45 bits per heavy atom. The number of amides is 2. The highest BCUT2D eigenvalue weighted by molar-refractivity contribution is 8.00. The number of carbonyl (C=O) groups excluding carboxylic acids is 3. The standard InChI is InChI=1S/C36H35N9O10S3/c1-16-28(37)42-36(43-29(16)38)56-11-3-4-19-14-57-32-25(31(49)45(32)26(19)34(52)54-13-17-5-8-20(53-2)9-6-17)41-30(48)24(21-15-58-35(39)40-21)44-55-27(33(50)51)18-7-10-22(46)23(47)12-18/h3-10,12,15,25,27,32,46-47H,11,13-14H2,1-2H3,(H2,39,40)(H,41,48)(H,50,51)(H4,37,38,42,43)/b4-3+,44-24-/t25-,27?,32-/m1/s1. The number of hydrogen-bond donors (Lipinski definition) is 7. The van der Waals surface area contributed by atoms with E-state index in [9.17, 15) is 34.5 Å². The number of hydrogen-bond acceptors (Lipinski definition) is 19. The number of benzene rings is 2. The second-order valence-corrected chi connectivity index (χ2v) is 15.3. The highest BCUT2D eigenvalue weighted by atomic mass is 32.2. The molecule has 2 aliphatic heterocycles. The number of nitrogen functional groups attached to an aromatic ring is 3. The van der Waals surface area contributed by atoms with Crippen LogP contribution in [0.15, 0.2) is 81.6 Å². The molecule has 3 atom stereocenters. The first-order chi connectivity index (χ1) is 27.7. The minimum absolute atomic E-state index is 0.0139. The van der Waals surface area contributed by atoms with Crippen molar-refractivity contribution < 1.29 is 48.8 Å². The summed E-state index contributed by atoms with van der Waals surface area (Å²) in [6, 6.07) is 8.95. The number of phenolic OH excluding ortho intramolecular Hbond substituents is 2. The summed E-state index contributed by atoms with van der Waals surface area (Å²) in [5.74, 6) is -3.27. The predicted octanol–water partition coefficient (Wildman–Crippen LogP) is 2.70. The van der Waals surface area contributed by atoms with Gasteiger partial charge in [-0.1, -0.05) is 47.3 Å². The summed E-state index contributed by atoms with van der Waals surface area (Å²) in [6.07, 6.45) is 1.63. The van der Waals surface area contributed by atoms with Crippen molar-refractivity contribution in [2.75, 3.05) is 35.8 Å². The van der Waals surface area contributed by atoms with E-state index < -0.39 is 58.5 Å². The van der Waals surface area contributed by atoms with E-state index in [4.69, 9.17) is 31.5 Å². The van der Waals surface area contributed by atoms with Crippen LogP contribution in [0.25, 0.3) is 0 Å². The quantitative estimate of drug-likeness (QED) is 0.0172. The number of allylic oxidation sites excluding steroid dienone is 1. The van der Waals surface area contributed by atoms with E-state index >= 15 is 0 Å². The number of oxime groups is 1. The first-order valence-corrected chi connectivity index (χ1v) is 19.8. The molecule has 2 aromatic heterocycles. The van der Waals surface area contributed by atoms with Gasteiger partial charge in [-0.25, -0.2) is 24.5 Å². The number of carbonyl (C=O) groups is 4. The van der Waals surface area contributed by atoms with Crippen molar-refractivity contribution in [1.29, 1.82) is 0 Å². The van der Waals surface area contributed by atoms with E-state index in [-0.39, 0.29) is 46.1 Å². The molecule has 2 aliphatic rings. The molecule has 6 rings (SSSR count). The number of thiazole rings is 1. The Balaban J connectivity index is 1.22. The number of fused-ring (bicyclic) bond motifs is 1. The predicted molar refractivity (Wildman–Crippen MR) is 215 cm³/mol. The Bertz CT molecular complexity index is 2330. The monoisotopic (exact) mass is 849 g/mol. The summed E-state index contributed by atoms with van der Waals surface area (Å²) in [6.45, 7) is 1.61. The number of methoxy groups -OCH3 is 1. The molecule has 1 unspecified atom stereocenters. The average Bonchev–Trinajstić information content (AvgIpc) is 3.64. The molecule has 22 heteroatoms. The summed E-state index contributed by atoms with van der Waals surface area (Å²) >= 11 is 3.50. The third-order valence-electron chi connectivity index (χ3n) is 8.59. The molecule has 0 bridgehead atoms. The Kier molecular flexibility index (Phi) is 12.6. The number of ether oxygens (including phenoxy) is 2. The lowest BCUT2D eigenvalue weighted by Crippen LogP contribution is -2.71. The second-order valence-electron chi connectivity index (χ2n) is 12.4. The van der Waals surface area contributed by atoms with Crippen LogP contribution in [0.2, 0.25) is 0 Å². The van der Waals surface area contributed by atoms with Crippen LogP contribution in [0.1, 0.15) is 28.5 Å². The minimum atomic E-state index is -1.83. The van der Waals surface area contributed by atoms with Gasteiger partial charge in [0.15, 0.2) is 27.5 Å². The van der Waals surface area contributed by atoms with Gasteiger partial charge in [0.1, 0.15) is 46.8 Å². The number of thioether (sulfide) groups is 2. The summed E-state index contributed by atoms with van der Waals surface area (Å²) < 4.78 is 10.9. The number of aromatic nitrogens is 3. The third kappa shape index (κ3) is 9.03. The molecule has 0 saturated carbocycles. The van der Waals surface area contributed by atoms with Crippen LogP contribution in [0.3, 0.4) is 0 Å². The summed E-state index contributed by atoms with van der Waals surface area (Å²) in [7, 11) is 1.53. The van der Waals surface area contributed by atoms with Gasteiger partial charge in [0.2, 0.25) is 6.10 Å². The number of carboxylic acids is 1. The molecule has 1 fully saturated rings. The molecular formula is C36H35N9O10S3. The van der Waals surface area contributed by atoms with Crippen molar-refractivity contribution >= 4 is 81.1 Å². The fraction of sp³-hybridized carbons (Fsp3) is 0.222. The zero-order valence-corrected chi connectivity index (χ0v) is 33.0. The first kappa shape index (κ1) is 41.1. The number of nitrogens with one attached hydrogen (secondary N) is 1. The lowest BCUT2D eigenvalue weighted by atomic mass is 10.0. The lowest BCUT2D eigenvalue weighted by molar-refractivity contribution is -0.153. The highest BCUT2D eigenvalue weighted by Crippen LogP contribution is 2.41. The van der Waals surface area contributed by atoms with Crippen LogP contribution in [0.5, 0.6) is 17.2 Å². The maximum Gasteiger partial charge on any atom is 0.355 e. The number of β-lactam (4-membered cyclic amide) rings is 1. The molecule has 302 valence electrons. The lowest BCUT2D eigenvalue weighted by Gasteiger charge is -2.49. The molecule has 2 amide bonds. The zero-order valence-electron chi connectivity index (χ0n) is 30.5. The van der Waals surface area contributed by atoms with E-state index in [2.05, 4.69) is 25.4 Å². The summed E-state index contributed by atoms with van der Waals surface area (Å²) in [5.41, 5.74) is 18.7. The molecular weight excluding hydrogens is 815 g/mol. The molecule has 10 N–H and O–H groups in total. The highest BCUT2D eigenvalue weighted by Gasteiger charge is 2.54. The Labute approximate surface area is 342 Å². The number of phenols is 2. The molecule has 2 aromatic carbocycles. The average molecular weight is 850 g/mol. The van der Waals surface area contributed by atoms with Gasteiger partial charge in [0.05, 0.1) is 7.11 Å². The van der Waals surface area contributed by atoms with Crippen molar-refractivity contribution in [3.05, 3.63) is 93.7 Å². The summed E-state index contributed by atoms with van der Waals surface area (Å²) in [5, 5.41) is 36.9. The maximum atomic E-state index is 13.9. The fourth-order valence-corrected chi connectivity index (χ4v) is 8.01. The molecule has 0 aliphatic carbocycles. The molecule has 0 radical (unpaired) electrons. The second kappa shape index (κ2) is 17.7. The van der Waals surface area contributed by atoms with Crippen LogP contribution in [-0.4, -0.2) is 94.7 Å². The first-order valence-electron chi connectivity index (χ1n) is 16.9. The SMILES string of the molecule is COc1ccc(COC(=O)C2=C(/C=C/CSc3nc(N)c(C)c(N)n3)CS[C@@H]3[C@H](NC(=O)/C(=N\OC(C(=O)O)c4ccc(O)c(O)c4)c4csc(N)n4)C(=O)N23)cc1. The number of nitrogens with zero attached hydrogens (tertiary/aromatic N) is 5. The van der Waals surface area contributed by atoms with Gasteiger partial charge in [-0.2, -0.15) is 0 Å². The van der Waals surface area contributed by atoms with Crippen LogP contribution in [0.4, 0.5) is 16.8 Å². The van der Waals surface area contributed by atoms with E-state index in [1.54, 1.807) is 43.3 Å². The molecule has 58 heavy (non-hydrogen) atoms. The van der Waals surface area contributed by atoms with E-state index in [0.717, 1.165) is 23.5 Å². The third-order valence-corrected chi connectivity index (χ3v) is 11.4. The number of aliphatic carboxylic acids is 1. The number of nitrogens with two attached hydrogens (primary N) is 3.